The second-order valence-electron chi connectivity index (χ2n) is 4.69. The van der Waals surface area contributed by atoms with Gasteiger partial charge in [0.15, 0.2) is 5.78 Å². The summed E-state index contributed by atoms with van der Waals surface area (Å²) in [6.45, 7) is 1.37. The van der Waals surface area contributed by atoms with E-state index >= 15 is 0 Å². The minimum atomic E-state index is -0.628. The fourth-order valence-electron chi connectivity index (χ4n) is 2.00. The van der Waals surface area contributed by atoms with E-state index in [9.17, 15) is 14.4 Å². The van der Waals surface area contributed by atoms with Gasteiger partial charge in [-0.25, -0.2) is 4.79 Å². The lowest BCUT2D eigenvalue weighted by molar-refractivity contribution is 0.0967. The van der Waals surface area contributed by atoms with Crippen LogP contribution < -0.4 is 20.7 Å². The summed E-state index contributed by atoms with van der Waals surface area (Å²) in [7, 11) is 2.96. The molecule has 0 spiro atoms. The van der Waals surface area contributed by atoms with Crippen molar-refractivity contribution in [2.45, 2.75) is 13.5 Å². The number of Topliss-reactive ketones (excluding diaryl/α,β-unsaturated/α-hetero) is 1. The number of carbonyl (C=O) groups is 1. The van der Waals surface area contributed by atoms with Gasteiger partial charge in [-0.05, 0) is 19.1 Å². The Labute approximate surface area is 126 Å². The monoisotopic (exact) mass is 304 g/mol. The Hall–Kier alpha value is -2.83. The molecule has 0 aliphatic carbocycles. The first-order valence-electron chi connectivity index (χ1n) is 6.52. The number of benzene rings is 1. The average molecular weight is 304 g/mol. The number of aryl methyl sites for hydroxylation is 1. The molecule has 0 aliphatic rings. The molecule has 1 aromatic carbocycles. The van der Waals surface area contributed by atoms with E-state index < -0.39 is 11.2 Å². The van der Waals surface area contributed by atoms with Crippen molar-refractivity contribution in [1.29, 1.82) is 0 Å². The fourth-order valence-corrected chi connectivity index (χ4v) is 2.00. The van der Waals surface area contributed by atoms with E-state index in [2.05, 4.69) is 4.98 Å². The number of aromatic nitrogens is 2. The largest absolute Gasteiger partial charge is 0.497 e. The molecule has 0 amide bonds. The number of hydrogen-bond donors (Lipinski definition) is 1. The highest BCUT2D eigenvalue weighted by atomic mass is 16.5. The zero-order chi connectivity index (χ0) is 16.3. The number of ketones is 1. The molecule has 1 aromatic heterocycles. The van der Waals surface area contributed by atoms with Gasteiger partial charge in [-0.2, -0.15) is 0 Å². The Morgan fingerprint density at radius 2 is 1.95 bits per heavy atom. The van der Waals surface area contributed by atoms with Crippen molar-refractivity contribution in [3.8, 4) is 11.5 Å². The number of rotatable bonds is 5. The van der Waals surface area contributed by atoms with Crippen LogP contribution in [0.2, 0.25) is 0 Å². The molecule has 0 saturated heterocycles. The predicted molar refractivity (Wildman–Crippen MR) is 79.9 cm³/mol. The minimum Gasteiger partial charge on any atom is -0.497 e. The van der Waals surface area contributed by atoms with Crippen LogP contribution in [-0.4, -0.2) is 29.6 Å². The van der Waals surface area contributed by atoms with Gasteiger partial charge in [0.05, 0.1) is 26.3 Å². The van der Waals surface area contributed by atoms with Gasteiger partial charge in [0, 0.05) is 17.8 Å². The lowest BCUT2D eigenvalue weighted by Crippen LogP contribution is -2.32. The first-order chi connectivity index (χ1) is 10.5. The van der Waals surface area contributed by atoms with E-state index in [-0.39, 0.29) is 12.3 Å². The van der Waals surface area contributed by atoms with Crippen molar-refractivity contribution >= 4 is 5.78 Å². The van der Waals surface area contributed by atoms with Crippen LogP contribution in [-0.2, 0) is 6.54 Å². The van der Waals surface area contributed by atoms with Gasteiger partial charge in [0.25, 0.3) is 5.56 Å². The normalized spacial score (nSPS) is 10.3. The van der Waals surface area contributed by atoms with Crippen LogP contribution in [0.15, 0.2) is 34.0 Å². The van der Waals surface area contributed by atoms with Crippen LogP contribution >= 0.6 is 0 Å². The first-order valence-corrected chi connectivity index (χ1v) is 6.52. The number of ether oxygens (including phenoxy) is 2. The Kier molecular flexibility index (Phi) is 4.45. The molecule has 0 atom stereocenters. The number of hydrogen-bond acceptors (Lipinski definition) is 5. The van der Waals surface area contributed by atoms with Crippen LogP contribution in [0.4, 0.5) is 0 Å². The second-order valence-corrected chi connectivity index (χ2v) is 4.69. The zero-order valence-electron chi connectivity index (χ0n) is 12.5. The lowest BCUT2D eigenvalue weighted by atomic mass is 10.1. The van der Waals surface area contributed by atoms with E-state index in [0.717, 1.165) is 4.57 Å². The molecule has 22 heavy (non-hydrogen) atoms. The maximum absolute atomic E-state index is 12.4. The zero-order valence-corrected chi connectivity index (χ0v) is 12.5. The third-order valence-corrected chi connectivity index (χ3v) is 3.21. The summed E-state index contributed by atoms with van der Waals surface area (Å²) < 4.78 is 11.4. The third kappa shape index (κ3) is 3.08. The molecule has 2 aromatic rings. The lowest BCUT2D eigenvalue weighted by Gasteiger charge is -2.10. The number of methoxy groups -OCH3 is 2. The van der Waals surface area contributed by atoms with Gasteiger partial charge in [-0.15, -0.1) is 0 Å². The summed E-state index contributed by atoms with van der Waals surface area (Å²) in [5, 5.41) is 0. The van der Waals surface area contributed by atoms with Gasteiger partial charge in [-0.3, -0.25) is 19.1 Å². The van der Waals surface area contributed by atoms with Crippen LogP contribution in [0.5, 0.6) is 11.5 Å². The molecule has 0 saturated carbocycles. The highest BCUT2D eigenvalue weighted by Crippen LogP contribution is 2.25. The maximum Gasteiger partial charge on any atom is 0.328 e. The molecule has 0 radical (unpaired) electrons. The summed E-state index contributed by atoms with van der Waals surface area (Å²) in [5.41, 5.74) is -0.402. The SMILES string of the molecule is COc1ccc(C(=O)Cn2cc(C)c(=O)[nH]c2=O)c(OC)c1. The third-order valence-electron chi connectivity index (χ3n) is 3.21. The van der Waals surface area contributed by atoms with E-state index in [1.165, 1.54) is 20.4 Å². The highest BCUT2D eigenvalue weighted by Gasteiger charge is 2.15. The predicted octanol–water partition coefficient (Wildman–Crippen LogP) is 0.745. The quantitative estimate of drug-likeness (QED) is 0.823. The first kappa shape index (κ1) is 15.6. The van der Waals surface area contributed by atoms with Crippen molar-refractivity contribution in [1.82, 2.24) is 9.55 Å². The second kappa shape index (κ2) is 6.30. The van der Waals surface area contributed by atoms with Crippen molar-refractivity contribution in [3.05, 3.63) is 56.4 Å². The summed E-state index contributed by atoms with van der Waals surface area (Å²) in [6.07, 6.45) is 1.36. The Balaban J connectivity index is 2.36. The number of H-pyrrole nitrogens is 1. The van der Waals surface area contributed by atoms with Gasteiger partial charge in [-0.1, -0.05) is 0 Å². The van der Waals surface area contributed by atoms with E-state index in [1.54, 1.807) is 25.1 Å². The molecule has 116 valence electrons. The smallest absolute Gasteiger partial charge is 0.328 e. The van der Waals surface area contributed by atoms with Crippen LogP contribution in [0.25, 0.3) is 0 Å². The molecule has 0 bridgehead atoms. The van der Waals surface area contributed by atoms with E-state index in [0.29, 0.717) is 22.6 Å². The molecule has 7 nitrogen and oxygen atoms in total. The average Bonchev–Trinajstić information content (AvgIpc) is 2.51. The Bertz CT molecular complexity index is 819. The van der Waals surface area contributed by atoms with Crippen molar-refractivity contribution in [2.75, 3.05) is 14.2 Å². The summed E-state index contributed by atoms with van der Waals surface area (Å²) >= 11 is 0. The molecule has 2 rings (SSSR count). The van der Waals surface area contributed by atoms with Gasteiger partial charge in [0.2, 0.25) is 0 Å². The Morgan fingerprint density at radius 3 is 2.59 bits per heavy atom. The number of nitrogens with one attached hydrogen (secondary N) is 1. The molecular weight excluding hydrogens is 288 g/mol. The maximum atomic E-state index is 12.4. The van der Waals surface area contributed by atoms with Crippen molar-refractivity contribution in [2.24, 2.45) is 0 Å². The van der Waals surface area contributed by atoms with Gasteiger partial charge < -0.3 is 9.47 Å². The van der Waals surface area contributed by atoms with Gasteiger partial charge >= 0.3 is 5.69 Å². The molecule has 0 unspecified atom stereocenters. The number of nitrogens with zero attached hydrogens (tertiary/aromatic N) is 1. The topological polar surface area (TPSA) is 90.4 Å². The van der Waals surface area contributed by atoms with Crippen molar-refractivity contribution < 1.29 is 14.3 Å². The van der Waals surface area contributed by atoms with E-state index in [4.69, 9.17) is 9.47 Å². The Morgan fingerprint density at radius 1 is 1.23 bits per heavy atom. The number of aromatic amines is 1. The number of carbonyl (C=O) groups excluding carboxylic acids is 1. The summed E-state index contributed by atoms with van der Waals surface area (Å²) in [4.78, 5) is 37.6. The molecular formula is C15H16N2O5. The summed E-state index contributed by atoms with van der Waals surface area (Å²) in [5.74, 6) is 0.608. The molecule has 1 N–H and O–H groups in total. The van der Waals surface area contributed by atoms with E-state index in [1.807, 2.05) is 0 Å². The molecule has 0 aliphatic heterocycles. The highest BCUT2D eigenvalue weighted by molar-refractivity contribution is 5.98. The standard InChI is InChI=1S/C15H16N2O5/c1-9-7-17(15(20)16-14(9)19)8-12(18)11-5-4-10(21-2)6-13(11)22-3/h4-7H,8H2,1-3H3,(H,16,19,20). The molecule has 1 heterocycles. The van der Waals surface area contributed by atoms with Crippen LogP contribution in [0.3, 0.4) is 0 Å². The van der Waals surface area contributed by atoms with Crippen molar-refractivity contribution in [3.63, 3.8) is 0 Å². The fraction of sp³-hybridized carbons (Fsp3) is 0.267. The van der Waals surface area contributed by atoms with Crippen LogP contribution in [0.1, 0.15) is 15.9 Å². The molecule has 0 fully saturated rings. The molecule has 7 heteroatoms. The summed E-state index contributed by atoms with van der Waals surface area (Å²) in [6, 6.07) is 4.80. The minimum absolute atomic E-state index is 0.195. The van der Waals surface area contributed by atoms with Gasteiger partial charge in [0.1, 0.15) is 11.5 Å². The van der Waals surface area contributed by atoms with Crippen LogP contribution in [0, 0.1) is 6.92 Å².